The molecule has 2 heteroatoms. The number of aromatic nitrogens is 1. The Bertz CT molecular complexity index is 694. The highest BCUT2D eigenvalue weighted by Crippen LogP contribution is 2.26. The first-order valence-electron chi connectivity index (χ1n) is 5.66. The summed E-state index contributed by atoms with van der Waals surface area (Å²) >= 11 is 4.18. The summed E-state index contributed by atoms with van der Waals surface area (Å²) in [6, 6.07) is 14.9. The molecular formula is C15H13NS. The lowest BCUT2D eigenvalue weighted by atomic mass is 10.1. The molecule has 0 bridgehead atoms. The fraction of sp³-hybridized carbons (Fsp3) is 0.0667. The molecule has 0 radical (unpaired) electrons. The summed E-state index contributed by atoms with van der Waals surface area (Å²) in [5.74, 6) is 0.770. The van der Waals surface area contributed by atoms with Crippen LogP contribution in [0.2, 0.25) is 0 Å². The summed E-state index contributed by atoms with van der Waals surface area (Å²) in [5.41, 5.74) is 3.60. The molecule has 3 aromatic rings. The number of hydrogen-bond donors (Lipinski definition) is 2. The maximum atomic E-state index is 4.18. The van der Waals surface area contributed by atoms with E-state index in [0.29, 0.717) is 0 Å². The van der Waals surface area contributed by atoms with Crippen LogP contribution in [-0.4, -0.2) is 10.7 Å². The lowest BCUT2D eigenvalue weighted by Gasteiger charge is -1.95. The molecule has 0 saturated carbocycles. The third kappa shape index (κ3) is 1.85. The summed E-state index contributed by atoms with van der Waals surface area (Å²) in [6.07, 6.45) is 4.16. The van der Waals surface area contributed by atoms with E-state index in [-0.39, 0.29) is 0 Å². The Morgan fingerprint density at radius 3 is 2.71 bits per heavy atom. The van der Waals surface area contributed by atoms with E-state index < -0.39 is 0 Å². The van der Waals surface area contributed by atoms with Gasteiger partial charge in [-0.15, -0.1) is 0 Å². The van der Waals surface area contributed by atoms with Crippen LogP contribution in [0.1, 0.15) is 5.56 Å². The van der Waals surface area contributed by atoms with Crippen molar-refractivity contribution in [2.24, 2.45) is 0 Å². The zero-order valence-electron chi connectivity index (χ0n) is 9.35. The zero-order valence-corrected chi connectivity index (χ0v) is 10.2. The number of thiol groups is 1. The van der Waals surface area contributed by atoms with Crippen LogP contribution < -0.4 is 0 Å². The van der Waals surface area contributed by atoms with Crippen LogP contribution in [0.3, 0.4) is 0 Å². The van der Waals surface area contributed by atoms with Crippen molar-refractivity contribution in [3.8, 4) is 0 Å². The Kier molecular flexibility index (Phi) is 2.65. The molecule has 0 atom stereocenters. The van der Waals surface area contributed by atoms with Gasteiger partial charge in [0.1, 0.15) is 0 Å². The van der Waals surface area contributed by atoms with Crippen LogP contribution in [0.15, 0.2) is 48.5 Å². The maximum Gasteiger partial charge on any atom is 0.0465 e. The molecule has 0 aliphatic carbocycles. The molecule has 0 spiro atoms. The van der Waals surface area contributed by atoms with Gasteiger partial charge in [-0.3, -0.25) is 0 Å². The van der Waals surface area contributed by atoms with Gasteiger partial charge in [0.15, 0.2) is 0 Å². The van der Waals surface area contributed by atoms with Gasteiger partial charge in [0.2, 0.25) is 0 Å². The van der Waals surface area contributed by atoms with E-state index >= 15 is 0 Å². The number of nitrogens with one attached hydrogen (secondary N) is 1. The normalized spacial score (nSPS) is 11.8. The molecule has 0 aliphatic rings. The second-order valence-electron chi connectivity index (χ2n) is 4.06. The highest BCUT2D eigenvalue weighted by atomic mass is 32.1. The van der Waals surface area contributed by atoms with Gasteiger partial charge in [-0.05, 0) is 23.8 Å². The minimum Gasteiger partial charge on any atom is -0.355 e. The van der Waals surface area contributed by atoms with Crippen molar-refractivity contribution < 1.29 is 0 Å². The Hall–Kier alpha value is -1.67. The average Bonchev–Trinajstić information content (AvgIpc) is 2.74. The standard InChI is InChI=1S/C15H13NS/c17-9-3-4-11-7-8-15-13(10-11)12-5-1-2-6-14(12)16-15/h1-8,10,16-17H,9H2. The maximum absolute atomic E-state index is 4.18. The molecule has 1 N–H and O–H groups in total. The lowest BCUT2D eigenvalue weighted by Crippen LogP contribution is -1.73. The van der Waals surface area contributed by atoms with Gasteiger partial charge in [-0.2, -0.15) is 12.6 Å². The highest BCUT2D eigenvalue weighted by Gasteiger charge is 2.02. The fourth-order valence-electron chi connectivity index (χ4n) is 2.16. The molecular weight excluding hydrogens is 226 g/mol. The third-order valence-electron chi connectivity index (χ3n) is 2.95. The molecule has 0 unspecified atom stereocenters. The first-order valence-corrected chi connectivity index (χ1v) is 6.29. The minimum atomic E-state index is 0.770. The Labute approximate surface area is 106 Å². The monoisotopic (exact) mass is 239 g/mol. The van der Waals surface area contributed by atoms with Crippen molar-refractivity contribution in [1.29, 1.82) is 0 Å². The summed E-state index contributed by atoms with van der Waals surface area (Å²) in [5, 5.41) is 2.56. The van der Waals surface area contributed by atoms with Crippen LogP contribution in [-0.2, 0) is 0 Å². The molecule has 3 rings (SSSR count). The van der Waals surface area contributed by atoms with Crippen molar-refractivity contribution in [3.05, 3.63) is 54.1 Å². The summed E-state index contributed by atoms with van der Waals surface area (Å²) in [4.78, 5) is 3.42. The van der Waals surface area contributed by atoms with Gasteiger partial charge in [-0.1, -0.05) is 36.4 Å². The number of para-hydroxylation sites is 1. The molecule has 1 nitrogen and oxygen atoms in total. The van der Waals surface area contributed by atoms with Crippen molar-refractivity contribution in [2.75, 3.05) is 5.75 Å². The molecule has 17 heavy (non-hydrogen) atoms. The molecule has 84 valence electrons. The molecule has 1 heterocycles. The van der Waals surface area contributed by atoms with E-state index in [0.717, 1.165) is 5.75 Å². The lowest BCUT2D eigenvalue weighted by molar-refractivity contribution is 1.54. The number of aromatic amines is 1. The van der Waals surface area contributed by atoms with Crippen LogP contribution in [0.4, 0.5) is 0 Å². The number of fused-ring (bicyclic) bond motifs is 3. The second-order valence-corrected chi connectivity index (χ2v) is 4.43. The summed E-state index contributed by atoms with van der Waals surface area (Å²) in [6.45, 7) is 0. The summed E-state index contributed by atoms with van der Waals surface area (Å²) in [7, 11) is 0. The fourth-order valence-corrected chi connectivity index (χ4v) is 2.26. The number of rotatable bonds is 2. The van der Waals surface area contributed by atoms with Crippen molar-refractivity contribution >= 4 is 40.5 Å². The molecule has 1 aromatic heterocycles. The quantitative estimate of drug-likeness (QED) is 0.621. The Morgan fingerprint density at radius 2 is 1.82 bits per heavy atom. The second kappa shape index (κ2) is 4.30. The average molecular weight is 239 g/mol. The van der Waals surface area contributed by atoms with Gasteiger partial charge < -0.3 is 4.98 Å². The van der Waals surface area contributed by atoms with Crippen LogP contribution in [0, 0.1) is 0 Å². The van der Waals surface area contributed by atoms with Crippen LogP contribution in [0.5, 0.6) is 0 Å². The smallest absolute Gasteiger partial charge is 0.0465 e. The minimum absolute atomic E-state index is 0.770. The van der Waals surface area contributed by atoms with E-state index in [9.17, 15) is 0 Å². The van der Waals surface area contributed by atoms with Gasteiger partial charge >= 0.3 is 0 Å². The first-order chi connectivity index (χ1) is 8.38. The molecule has 0 saturated heterocycles. The van der Waals surface area contributed by atoms with Crippen molar-refractivity contribution in [2.45, 2.75) is 0 Å². The zero-order chi connectivity index (χ0) is 11.7. The molecule has 2 aromatic carbocycles. The van der Waals surface area contributed by atoms with Crippen molar-refractivity contribution in [1.82, 2.24) is 4.98 Å². The van der Waals surface area contributed by atoms with E-state index in [1.54, 1.807) is 0 Å². The van der Waals surface area contributed by atoms with E-state index in [4.69, 9.17) is 0 Å². The van der Waals surface area contributed by atoms with E-state index in [2.05, 4.69) is 72.2 Å². The van der Waals surface area contributed by atoms with E-state index in [1.807, 2.05) is 0 Å². The Morgan fingerprint density at radius 1 is 1.00 bits per heavy atom. The predicted molar refractivity (Wildman–Crippen MR) is 78.7 cm³/mol. The Balaban J connectivity index is 2.26. The van der Waals surface area contributed by atoms with Crippen LogP contribution >= 0.6 is 12.6 Å². The third-order valence-corrected chi connectivity index (χ3v) is 3.16. The molecule has 0 fully saturated rings. The first kappa shape index (κ1) is 10.5. The summed E-state index contributed by atoms with van der Waals surface area (Å²) < 4.78 is 0. The predicted octanol–water partition coefficient (Wildman–Crippen LogP) is 4.26. The van der Waals surface area contributed by atoms with Crippen molar-refractivity contribution in [3.63, 3.8) is 0 Å². The topological polar surface area (TPSA) is 15.8 Å². The molecule has 0 amide bonds. The van der Waals surface area contributed by atoms with Gasteiger partial charge in [0.25, 0.3) is 0 Å². The van der Waals surface area contributed by atoms with Gasteiger partial charge in [0.05, 0.1) is 0 Å². The largest absolute Gasteiger partial charge is 0.355 e. The van der Waals surface area contributed by atoms with Gasteiger partial charge in [0, 0.05) is 27.6 Å². The van der Waals surface area contributed by atoms with Crippen LogP contribution in [0.25, 0.3) is 27.9 Å². The SMILES string of the molecule is SCC=Cc1ccc2[nH]c3ccccc3c2c1. The molecule has 0 aliphatic heterocycles. The van der Waals surface area contributed by atoms with E-state index in [1.165, 1.54) is 27.4 Å². The number of H-pyrrole nitrogens is 1. The van der Waals surface area contributed by atoms with Gasteiger partial charge in [-0.25, -0.2) is 0 Å². The number of hydrogen-bond acceptors (Lipinski definition) is 1. The highest BCUT2D eigenvalue weighted by molar-refractivity contribution is 7.80. The number of benzene rings is 2.